The lowest BCUT2D eigenvalue weighted by Crippen LogP contribution is -2.42. The maximum atomic E-state index is 13.6. The Morgan fingerprint density at radius 3 is 2.33 bits per heavy atom. The number of carbonyl (C=O) groups excluding carboxylic acids is 1. The van der Waals surface area contributed by atoms with Gasteiger partial charge >= 0.3 is 0 Å². The SMILES string of the molecule is CSc1ccc(C2C(=C(O)c3ccc(C)cc3)C(=N)N(c3ccccc3C)C3=C2C(=O)CCC3)cc1. The molecule has 3 aromatic carbocycles. The number of allylic oxidation sites excluding steroid dienone is 2. The summed E-state index contributed by atoms with van der Waals surface area (Å²) in [5.41, 5.74) is 6.58. The third kappa shape index (κ3) is 4.18. The molecule has 0 fully saturated rings. The zero-order valence-corrected chi connectivity index (χ0v) is 21.7. The van der Waals surface area contributed by atoms with E-state index >= 15 is 0 Å². The lowest BCUT2D eigenvalue weighted by molar-refractivity contribution is -0.116. The summed E-state index contributed by atoms with van der Waals surface area (Å²) in [5.74, 6) is -0.148. The van der Waals surface area contributed by atoms with Gasteiger partial charge in [0.05, 0.1) is 5.69 Å². The molecule has 182 valence electrons. The second kappa shape index (κ2) is 9.82. The number of thioether (sulfide) groups is 1. The fourth-order valence-corrected chi connectivity index (χ4v) is 5.68. The van der Waals surface area contributed by atoms with Crippen molar-refractivity contribution in [1.29, 1.82) is 5.41 Å². The number of Topliss-reactive ketones (excluding diaryl/α,β-unsaturated/α-hetero) is 1. The Balaban J connectivity index is 1.82. The Labute approximate surface area is 216 Å². The Morgan fingerprint density at radius 1 is 0.972 bits per heavy atom. The molecule has 0 bridgehead atoms. The van der Waals surface area contributed by atoms with Crippen molar-refractivity contribution < 1.29 is 9.90 Å². The fraction of sp³-hybridized carbons (Fsp3) is 0.226. The highest BCUT2D eigenvalue weighted by Crippen LogP contribution is 2.48. The molecule has 3 aromatic rings. The molecule has 1 heterocycles. The van der Waals surface area contributed by atoms with Crippen LogP contribution in [-0.4, -0.2) is 23.0 Å². The molecule has 2 aliphatic rings. The number of ketones is 1. The highest BCUT2D eigenvalue weighted by Gasteiger charge is 2.43. The number of aryl methyl sites for hydroxylation is 2. The van der Waals surface area contributed by atoms with E-state index in [-0.39, 0.29) is 17.4 Å². The van der Waals surface area contributed by atoms with Crippen LogP contribution in [0.5, 0.6) is 0 Å². The van der Waals surface area contributed by atoms with Crippen LogP contribution in [0.25, 0.3) is 5.76 Å². The molecule has 0 amide bonds. The molecule has 5 rings (SSSR count). The molecule has 0 aromatic heterocycles. The summed E-state index contributed by atoms with van der Waals surface area (Å²) in [4.78, 5) is 16.6. The predicted octanol–water partition coefficient (Wildman–Crippen LogP) is 7.58. The first kappa shape index (κ1) is 24.1. The van der Waals surface area contributed by atoms with Crippen molar-refractivity contribution in [1.82, 2.24) is 0 Å². The van der Waals surface area contributed by atoms with Crippen molar-refractivity contribution in [3.05, 3.63) is 112 Å². The maximum Gasteiger partial charge on any atom is 0.161 e. The number of benzene rings is 3. The summed E-state index contributed by atoms with van der Waals surface area (Å²) in [5, 5.41) is 21.2. The third-order valence-corrected chi connectivity index (χ3v) is 7.88. The average Bonchev–Trinajstić information content (AvgIpc) is 2.89. The second-order valence-electron chi connectivity index (χ2n) is 9.44. The molecule has 0 saturated heterocycles. The number of rotatable bonds is 4. The lowest BCUT2D eigenvalue weighted by Gasteiger charge is -2.42. The van der Waals surface area contributed by atoms with Gasteiger partial charge in [-0.2, -0.15) is 0 Å². The van der Waals surface area contributed by atoms with E-state index in [4.69, 9.17) is 0 Å². The molecule has 1 aliphatic heterocycles. The fourth-order valence-electron chi connectivity index (χ4n) is 5.27. The summed E-state index contributed by atoms with van der Waals surface area (Å²) < 4.78 is 0. The van der Waals surface area contributed by atoms with E-state index in [1.807, 2.05) is 97.8 Å². The van der Waals surface area contributed by atoms with Gasteiger partial charge in [0.1, 0.15) is 11.6 Å². The Morgan fingerprint density at radius 2 is 1.67 bits per heavy atom. The Kier molecular flexibility index (Phi) is 6.59. The first-order chi connectivity index (χ1) is 17.4. The quantitative estimate of drug-likeness (QED) is 0.290. The van der Waals surface area contributed by atoms with Gasteiger partial charge in [-0.1, -0.05) is 60.2 Å². The van der Waals surface area contributed by atoms with Crippen molar-refractivity contribution in [3.8, 4) is 0 Å². The average molecular weight is 495 g/mol. The third-order valence-electron chi connectivity index (χ3n) is 7.14. The van der Waals surface area contributed by atoms with E-state index in [0.717, 1.165) is 45.8 Å². The van der Waals surface area contributed by atoms with Crippen LogP contribution in [0.1, 0.15) is 47.4 Å². The number of hydrogen-bond donors (Lipinski definition) is 2. The molecule has 5 heteroatoms. The number of hydrogen-bond acceptors (Lipinski definition) is 4. The minimum Gasteiger partial charge on any atom is -0.507 e. The van der Waals surface area contributed by atoms with Crippen LogP contribution in [0.3, 0.4) is 0 Å². The summed E-state index contributed by atoms with van der Waals surface area (Å²) in [6.45, 7) is 4.02. The largest absolute Gasteiger partial charge is 0.507 e. The standard InChI is InChI=1S/C31H30N2O2S/c1-19-11-13-22(14-12-19)30(35)29-27(21-15-17-23(36-3)18-16-21)28-25(9-6-10-26(28)34)33(31(29)32)24-8-5-4-7-20(24)2/h4-5,7-8,11-18,27,32,35H,6,9-10H2,1-3H3. The van der Waals surface area contributed by atoms with Gasteiger partial charge in [0.2, 0.25) is 0 Å². The smallest absolute Gasteiger partial charge is 0.161 e. The molecule has 4 nitrogen and oxygen atoms in total. The van der Waals surface area contributed by atoms with E-state index < -0.39 is 5.92 Å². The van der Waals surface area contributed by atoms with Crippen LogP contribution in [-0.2, 0) is 4.79 Å². The van der Waals surface area contributed by atoms with Gasteiger partial charge in [-0.05, 0) is 62.3 Å². The summed E-state index contributed by atoms with van der Waals surface area (Å²) in [7, 11) is 0. The van der Waals surface area contributed by atoms with E-state index in [1.165, 1.54) is 0 Å². The molecule has 0 radical (unpaired) electrons. The summed E-state index contributed by atoms with van der Waals surface area (Å²) in [6.07, 6.45) is 3.99. The zero-order chi connectivity index (χ0) is 25.4. The van der Waals surface area contributed by atoms with E-state index in [0.29, 0.717) is 23.1 Å². The number of amidine groups is 1. The van der Waals surface area contributed by atoms with Crippen LogP contribution in [0, 0.1) is 19.3 Å². The molecule has 36 heavy (non-hydrogen) atoms. The van der Waals surface area contributed by atoms with Crippen molar-refractivity contribution in [2.75, 3.05) is 11.2 Å². The number of para-hydroxylation sites is 1. The molecule has 0 saturated carbocycles. The number of carbonyl (C=O) groups is 1. The van der Waals surface area contributed by atoms with Crippen LogP contribution < -0.4 is 4.90 Å². The van der Waals surface area contributed by atoms with Gasteiger partial charge < -0.3 is 5.11 Å². The second-order valence-corrected chi connectivity index (χ2v) is 10.3. The van der Waals surface area contributed by atoms with E-state index in [9.17, 15) is 15.3 Å². The van der Waals surface area contributed by atoms with Crippen LogP contribution >= 0.6 is 11.8 Å². The molecule has 2 N–H and O–H groups in total. The maximum absolute atomic E-state index is 13.6. The van der Waals surface area contributed by atoms with Gasteiger partial charge in [-0.25, -0.2) is 0 Å². The highest BCUT2D eigenvalue weighted by molar-refractivity contribution is 7.98. The molecule has 1 atom stereocenters. The van der Waals surface area contributed by atoms with Crippen molar-refractivity contribution in [3.63, 3.8) is 0 Å². The van der Waals surface area contributed by atoms with Gasteiger partial charge in [0.15, 0.2) is 5.78 Å². The van der Waals surface area contributed by atoms with Gasteiger partial charge in [-0.15, -0.1) is 11.8 Å². The topological polar surface area (TPSA) is 64.4 Å². The first-order valence-corrected chi connectivity index (χ1v) is 13.5. The van der Waals surface area contributed by atoms with E-state index in [2.05, 4.69) is 0 Å². The number of aliphatic hydroxyl groups excluding tert-OH is 1. The monoisotopic (exact) mass is 494 g/mol. The van der Waals surface area contributed by atoms with Crippen LogP contribution in [0.2, 0.25) is 0 Å². The predicted molar refractivity (Wildman–Crippen MR) is 149 cm³/mol. The van der Waals surface area contributed by atoms with Crippen LogP contribution in [0.4, 0.5) is 5.69 Å². The molecule has 1 unspecified atom stereocenters. The first-order valence-electron chi connectivity index (χ1n) is 12.3. The number of anilines is 1. The zero-order valence-electron chi connectivity index (χ0n) is 20.8. The van der Waals surface area contributed by atoms with E-state index in [1.54, 1.807) is 11.8 Å². The number of aliphatic hydroxyl groups is 1. The number of nitrogens with one attached hydrogen (secondary N) is 1. The Bertz CT molecular complexity index is 1400. The molecule has 0 spiro atoms. The summed E-state index contributed by atoms with van der Waals surface area (Å²) in [6, 6.07) is 23.8. The highest BCUT2D eigenvalue weighted by atomic mass is 32.2. The molecular formula is C31H30N2O2S. The minimum absolute atomic E-state index is 0.0439. The lowest BCUT2D eigenvalue weighted by atomic mass is 9.73. The minimum atomic E-state index is -0.502. The van der Waals surface area contributed by atoms with Gasteiger partial charge in [0, 0.05) is 39.6 Å². The summed E-state index contributed by atoms with van der Waals surface area (Å²) >= 11 is 1.66. The normalized spacial score (nSPS) is 19.4. The number of nitrogens with zero attached hydrogens (tertiary/aromatic N) is 1. The van der Waals surface area contributed by atoms with Gasteiger partial charge in [-0.3, -0.25) is 15.1 Å². The van der Waals surface area contributed by atoms with Crippen molar-refractivity contribution in [2.45, 2.75) is 43.9 Å². The van der Waals surface area contributed by atoms with Crippen LogP contribution in [0.15, 0.2) is 94.5 Å². The molecule has 1 aliphatic carbocycles. The van der Waals surface area contributed by atoms with Crippen molar-refractivity contribution >= 4 is 34.8 Å². The van der Waals surface area contributed by atoms with Gasteiger partial charge in [0.25, 0.3) is 0 Å². The van der Waals surface area contributed by atoms with Crippen molar-refractivity contribution in [2.24, 2.45) is 0 Å². The molecular weight excluding hydrogens is 464 g/mol. The Hall–Kier alpha value is -3.57.